The van der Waals surface area contributed by atoms with E-state index in [0.29, 0.717) is 78.7 Å². The summed E-state index contributed by atoms with van der Waals surface area (Å²) in [7, 11) is 0. The largest absolute Gasteiger partial charge is 0.460 e. The molecule has 730 valence electrons. The van der Waals surface area contributed by atoms with Crippen LogP contribution in [-0.2, 0) is 95.5 Å². The zero-order valence-electron chi connectivity index (χ0n) is 77.6. The van der Waals surface area contributed by atoms with Crippen LogP contribution in [0.25, 0.3) is 140 Å². The molecule has 0 atom stereocenters. The van der Waals surface area contributed by atoms with Crippen molar-refractivity contribution in [2.24, 2.45) is 0 Å². The van der Waals surface area contributed by atoms with Gasteiger partial charge in [0.25, 0.3) is 45.3 Å². The van der Waals surface area contributed by atoms with Crippen LogP contribution in [0.4, 0.5) is 26.3 Å². The summed E-state index contributed by atoms with van der Waals surface area (Å²) in [5.41, 5.74) is 19.6. The Morgan fingerprint density at radius 2 is 0.448 bits per heavy atom. The van der Waals surface area contributed by atoms with Crippen molar-refractivity contribution in [3.63, 3.8) is 0 Å². The van der Waals surface area contributed by atoms with Crippen molar-refractivity contribution in [1.29, 1.82) is 0 Å². The number of aromatic nitrogens is 9. The SMILES string of the molecule is CC/C(=C/c1ccnc(-c2cc(/C=C(/CC)c3ccccc3)cc(-c3cc(/C=C(/CC)c4ccccc4)ccn3)n2)c1)c1ccccc1.CC/C(=C\c1ccnc(-c2cc(/C=C(\CC)OC=O)cc(-c3cc(/C=C(\CC)OC=O)ccn3)n2)c1)OC=O.O=C=O.O=C=O.O=C=O.O=COC/C(=C\c1cc(-c2cc(/C=C(\CC(F)(F)F)OC=O)ccn2)nc(-c2cc(/C=C(\CC(F)(F)F)OC=O)ccn2)c1)OC=O. The molecule has 0 amide bonds. The molecule has 9 aromatic heterocycles. The zero-order valence-corrected chi connectivity index (χ0v) is 77.6. The maximum absolute atomic E-state index is 13.0. The summed E-state index contributed by atoms with van der Waals surface area (Å²) < 4.78 is 111. The van der Waals surface area contributed by atoms with E-state index in [9.17, 15) is 59.9 Å². The summed E-state index contributed by atoms with van der Waals surface area (Å²) in [6, 6.07) is 63.5. The Morgan fingerprint density at radius 1 is 0.252 bits per heavy atom. The fourth-order valence-corrected chi connectivity index (χ4v) is 13.5. The van der Waals surface area contributed by atoms with Gasteiger partial charge in [0.1, 0.15) is 54.0 Å². The van der Waals surface area contributed by atoms with E-state index in [-0.39, 0.29) is 89.6 Å². The lowest BCUT2D eigenvalue weighted by Gasteiger charge is -2.11. The van der Waals surface area contributed by atoms with Gasteiger partial charge in [-0.1, -0.05) is 151 Å². The van der Waals surface area contributed by atoms with Crippen molar-refractivity contribution in [2.45, 2.75) is 105 Å². The number of alkyl halides is 6. The maximum atomic E-state index is 13.0. The maximum Gasteiger partial charge on any atom is 0.396 e. The Morgan fingerprint density at radius 3 is 0.671 bits per heavy atom. The number of hydrogen-bond donors (Lipinski definition) is 0. The topological polar surface area (TPSA) is 403 Å². The van der Waals surface area contributed by atoms with Gasteiger partial charge in [0, 0.05) is 56.4 Å². The molecule has 0 N–H and O–H groups in total. The van der Waals surface area contributed by atoms with Crippen molar-refractivity contribution < 1.29 is 122 Å². The molecule has 12 aromatic rings. The van der Waals surface area contributed by atoms with Crippen molar-refractivity contribution in [3.05, 3.63) is 339 Å². The number of hydrogen-bond acceptors (Lipinski definition) is 29. The third-order valence-corrected chi connectivity index (χ3v) is 19.7. The lowest BCUT2D eigenvalue weighted by atomic mass is 9.98. The number of benzene rings is 3. The summed E-state index contributed by atoms with van der Waals surface area (Å²) in [6.07, 6.45) is 17.6. The molecule has 0 fully saturated rings. The molecule has 143 heavy (non-hydrogen) atoms. The highest BCUT2D eigenvalue weighted by Crippen LogP contribution is 2.36. The van der Waals surface area contributed by atoms with Crippen LogP contribution in [0.1, 0.15) is 160 Å². The minimum Gasteiger partial charge on any atom is -0.460 e. The molecule has 3 aromatic carbocycles. The predicted molar refractivity (Wildman–Crippen MR) is 516 cm³/mol. The summed E-state index contributed by atoms with van der Waals surface area (Å²) in [4.78, 5) is 166. The summed E-state index contributed by atoms with van der Waals surface area (Å²) >= 11 is 0. The van der Waals surface area contributed by atoms with Crippen molar-refractivity contribution in [3.8, 4) is 68.3 Å². The Hall–Kier alpha value is -18.3. The lowest BCUT2D eigenvalue weighted by Crippen LogP contribution is -2.10. The van der Waals surface area contributed by atoms with Crippen molar-refractivity contribution in [2.75, 3.05) is 6.61 Å². The number of rotatable bonds is 41. The first kappa shape index (κ1) is 112. The average Bonchev–Trinajstić information content (AvgIpc) is 0.808. The van der Waals surface area contributed by atoms with Crippen LogP contribution in [-0.4, -0.2) is 128 Å². The van der Waals surface area contributed by atoms with E-state index in [1.807, 2.05) is 57.4 Å². The Kier molecular flexibility index (Phi) is 47.1. The van der Waals surface area contributed by atoms with Crippen molar-refractivity contribution >= 4 is 135 Å². The van der Waals surface area contributed by atoms with Crippen LogP contribution in [0, 0.1) is 0 Å². The molecule has 0 unspecified atom stereocenters. The minimum absolute atomic E-state index is 0.0810. The normalized spacial score (nSPS) is 11.7. The molecule has 0 saturated heterocycles. The van der Waals surface area contributed by atoms with Crippen LogP contribution < -0.4 is 0 Å². The van der Waals surface area contributed by atoms with Gasteiger partial charge in [-0.05, 0) is 248 Å². The first-order chi connectivity index (χ1) is 69.2. The monoisotopic (exact) mass is 1950 g/mol. The molecule has 0 aliphatic heterocycles. The van der Waals surface area contributed by atoms with Gasteiger partial charge < -0.3 is 33.2 Å². The highest BCUT2D eigenvalue weighted by Gasteiger charge is 2.31. The molecule has 9 heterocycles. The van der Waals surface area contributed by atoms with Crippen LogP contribution >= 0.6 is 0 Å². The number of nitrogens with zero attached hydrogens (tertiary/aromatic N) is 9. The number of carbonyl (C=O) groups is 7. The molecule has 0 spiro atoms. The molecule has 0 bridgehead atoms. The Labute approximate surface area is 816 Å². The van der Waals surface area contributed by atoms with Crippen LogP contribution in [0.15, 0.2) is 272 Å². The molecule has 35 heteroatoms. The van der Waals surface area contributed by atoms with E-state index >= 15 is 0 Å². The second kappa shape index (κ2) is 60.3. The molecule has 29 nitrogen and oxygen atoms in total. The van der Waals surface area contributed by atoms with Gasteiger partial charge in [-0.2, -0.15) is 55.1 Å². The number of pyridine rings is 9. The highest BCUT2D eigenvalue weighted by molar-refractivity contribution is 5.87. The van der Waals surface area contributed by atoms with E-state index in [1.54, 1.807) is 42.8 Å². The van der Waals surface area contributed by atoms with Crippen LogP contribution in [0.3, 0.4) is 0 Å². The molecule has 0 aliphatic rings. The minimum atomic E-state index is -4.68. The van der Waals surface area contributed by atoms with Crippen molar-refractivity contribution in [1.82, 2.24) is 44.9 Å². The molecule has 12 rings (SSSR count). The summed E-state index contributed by atoms with van der Waals surface area (Å²) in [6.45, 7) is 12.9. The van der Waals surface area contributed by atoms with Gasteiger partial charge in [0.2, 0.25) is 0 Å². The number of allylic oxidation sites excluding steroid dienone is 8. The highest BCUT2D eigenvalue weighted by atomic mass is 19.4. The Balaban J connectivity index is 0.000000280. The second-order valence-electron chi connectivity index (χ2n) is 29.3. The number of ether oxygens (including phenoxy) is 7. The summed E-state index contributed by atoms with van der Waals surface area (Å²) in [5.74, 6) is 0.00154. The molecular formula is C108H91F6N9O20. The molecule has 0 radical (unpaired) electrons. The van der Waals surface area contributed by atoms with Gasteiger partial charge in [-0.25, -0.2) is 15.0 Å². The summed E-state index contributed by atoms with van der Waals surface area (Å²) in [5, 5.41) is 0. The van der Waals surface area contributed by atoms with E-state index in [2.05, 4.69) is 206 Å². The van der Waals surface area contributed by atoms with E-state index in [4.69, 9.17) is 67.7 Å². The molecular weight excluding hydrogens is 1860 g/mol. The Bertz CT molecular complexity index is 6390. The van der Waals surface area contributed by atoms with E-state index in [0.717, 1.165) is 87.6 Å². The fourth-order valence-electron chi connectivity index (χ4n) is 13.5. The van der Waals surface area contributed by atoms with E-state index < -0.39 is 43.3 Å². The fraction of sp³-hybridized carbons (Fsp3) is 0.157. The quantitative estimate of drug-likeness (QED) is 0.0149. The number of halogens is 6. The van der Waals surface area contributed by atoms with Crippen LogP contribution in [0.2, 0.25) is 0 Å². The van der Waals surface area contributed by atoms with E-state index in [1.165, 1.54) is 88.3 Å². The smallest absolute Gasteiger partial charge is 0.396 e. The third-order valence-electron chi connectivity index (χ3n) is 19.7. The van der Waals surface area contributed by atoms with Gasteiger partial charge in [0.15, 0.2) is 0 Å². The first-order valence-corrected chi connectivity index (χ1v) is 43.4. The predicted octanol–water partition coefficient (Wildman–Crippen LogP) is 22.1. The zero-order chi connectivity index (χ0) is 104. The van der Waals surface area contributed by atoms with Gasteiger partial charge >= 0.3 is 30.8 Å². The lowest BCUT2D eigenvalue weighted by molar-refractivity contribution is -0.193. The molecule has 0 aliphatic carbocycles. The standard InChI is InChI=1S/C45H41N3.C30H21F6N3O8.C30H29N3O6.3CO2/c1-4-36(39-16-10-7-11-17-39)26-33-22-24-46-42(29-33)44-31-35(28-38(6-3)41-20-14-9-15-21-41)32-45(48-44)43-30-34(23-25-47-43)27-37(5-2)40-18-12-8-13-19-40;31-29(32,33)12-22(45-16-41)5-19-1-3-37-25(8-19)27-10-21(7-24(47-18-43)14-44-15-40)11-28(39-27)26-9-20(2-4-38-26)6-23(46-17-42)13-30(34,35)36;1-4-24(37-18-34)11-21-7-9-31-27(14-21)29-16-23(13-26(6-3)39-20-36)17-30(33-29)28-15-22(8-10-32-28)12-25(5-2)38-19-35;3*2-1-3/h7-32H,4-6H2,1-3H3;1-11,15-18H,12-14H2;7-20H,4-6H2,1-3H3;;;/b36-26-,37-27-,38-28-;22-5+,23-6+,24-7+;24-11+,25-12+,26-13+;;;. The van der Waals surface area contributed by atoms with Crippen LogP contribution in [0.5, 0.6) is 0 Å². The third kappa shape index (κ3) is 38.6. The van der Waals surface area contributed by atoms with Gasteiger partial charge in [0.05, 0.1) is 68.3 Å². The first-order valence-electron chi connectivity index (χ1n) is 43.4. The van der Waals surface area contributed by atoms with Gasteiger partial charge in [-0.15, -0.1) is 0 Å². The average molecular weight is 1950 g/mol. The second-order valence-corrected chi connectivity index (χ2v) is 29.3. The van der Waals surface area contributed by atoms with Gasteiger partial charge in [-0.3, -0.25) is 63.5 Å². The molecule has 0 saturated carbocycles. The number of carbonyl (C=O) groups excluding carboxylic acids is 13.